The van der Waals surface area contributed by atoms with Gasteiger partial charge in [0.25, 0.3) is 5.56 Å². The minimum Gasteiger partial charge on any atom is -0.369 e. The lowest BCUT2D eigenvalue weighted by atomic mass is 9.99. The van der Waals surface area contributed by atoms with E-state index in [1.165, 1.54) is 30.2 Å². The van der Waals surface area contributed by atoms with Gasteiger partial charge in [0.2, 0.25) is 0 Å². The molecule has 0 radical (unpaired) electrons. The maximum absolute atomic E-state index is 13.6. The van der Waals surface area contributed by atoms with Crippen LogP contribution in [0.5, 0.6) is 0 Å². The molecule has 0 amide bonds. The third-order valence-corrected chi connectivity index (χ3v) is 8.14. The molecule has 192 valence electrons. The summed E-state index contributed by atoms with van der Waals surface area (Å²) in [5.41, 5.74) is 6.33. The molecule has 6 rings (SSSR count). The van der Waals surface area contributed by atoms with Gasteiger partial charge in [-0.25, -0.2) is 4.39 Å². The Labute approximate surface area is 216 Å². The molecular weight excluding hydrogens is 465 g/mol. The number of aryl methyl sites for hydroxylation is 1. The third-order valence-electron chi connectivity index (χ3n) is 8.14. The number of pyridine rings is 1. The predicted octanol–water partition coefficient (Wildman–Crippen LogP) is 5.62. The largest absolute Gasteiger partial charge is 0.369 e. The average molecular weight is 500 g/mol. The summed E-state index contributed by atoms with van der Waals surface area (Å²) in [6.07, 6.45) is 8.60. The molecule has 0 bridgehead atoms. The molecule has 1 aliphatic carbocycles. The minimum absolute atomic E-state index is 0.0698. The van der Waals surface area contributed by atoms with Gasteiger partial charge < -0.3 is 9.88 Å². The number of benzene rings is 2. The van der Waals surface area contributed by atoms with E-state index >= 15 is 0 Å². The lowest BCUT2D eigenvalue weighted by molar-refractivity contribution is 0.169. The Kier molecular flexibility index (Phi) is 6.32. The van der Waals surface area contributed by atoms with Crippen LogP contribution in [0.2, 0.25) is 0 Å². The van der Waals surface area contributed by atoms with Gasteiger partial charge in [-0.05, 0) is 62.1 Å². The number of nitrogens with one attached hydrogen (secondary N) is 1. The van der Waals surface area contributed by atoms with Crippen LogP contribution in [0.4, 0.5) is 4.39 Å². The molecule has 1 aliphatic heterocycles. The van der Waals surface area contributed by atoms with Crippen molar-refractivity contribution in [2.24, 2.45) is 0 Å². The topological polar surface area (TPSA) is 57.2 Å². The Hall–Kier alpha value is -3.45. The number of piperazine rings is 1. The third kappa shape index (κ3) is 4.46. The molecule has 7 heteroatoms. The number of rotatable bonds is 5. The van der Waals surface area contributed by atoms with E-state index in [-0.39, 0.29) is 11.4 Å². The number of hydrogen-bond donors (Lipinski definition) is 1. The number of halogens is 1. The molecular formula is C30H34FN5O. The van der Waals surface area contributed by atoms with Crippen molar-refractivity contribution in [2.75, 3.05) is 26.2 Å². The molecule has 2 aromatic heterocycles. The van der Waals surface area contributed by atoms with Gasteiger partial charge >= 0.3 is 0 Å². The lowest BCUT2D eigenvalue weighted by Gasteiger charge is -2.38. The van der Waals surface area contributed by atoms with E-state index in [0.29, 0.717) is 11.4 Å². The standard InChI is InChI=1S/C30H34FN5O/c1-3-28(35-13-11-34(12-14-35)19-21-7-6-8-22(31)16-21)24-17-25-27(15-20(24)2)33-30(37)26-18-32-36(29(25)26)23-9-4-5-10-23/h3,6-8,15-18,23H,4-5,9-14,19H2,1-2H3,(H,33,37). The van der Waals surface area contributed by atoms with E-state index in [9.17, 15) is 9.18 Å². The van der Waals surface area contributed by atoms with E-state index in [1.54, 1.807) is 18.3 Å². The number of nitrogens with zero attached hydrogens (tertiary/aromatic N) is 4. The molecule has 2 aromatic carbocycles. The van der Waals surface area contributed by atoms with Gasteiger partial charge in [0, 0.05) is 49.4 Å². The van der Waals surface area contributed by atoms with E-state index in [2.05, 4.69) is 56.6 Å². The number of allylic oxidation sites excluding steroid dienone is 1. The van der Waals surface area contributed by atoms with E-state index in [1.807, 2.05) is 6.07 Å². The first-order valence-corrected chi connectivity index (χ1v) is 13.4. The maximum atomic E-state index is 13.6. The molecule has 37 heavy (non-hydrogen) atoms. The van der Waals surface area contributed by atoms with Crippen LogP contribution in [0.15, 0.2) is 53.5 Å². The van der Waals surface area contributed by atoms with Crippen molar-refractivity contribution < 1.29 is 4.39 Å². The Balaban J connectivity index is 1.31. The van der Waals surface area contributed by atoms with Gasteiger partial charge in [-0.15, -0.1) is 0 Å². The second-order valence-electron chi connectivity index (χ2n) is 10.5. The molecule has 3 heterocycles. The van der Waals surface area contributed by atoms with Crippen LogP contribution in [-0.4, -0.2) is 50.7 Å². The maximum Gasteiger partial charge on any atom is 0.259 e. The summed E-state index contributed by atoms with van der Waals surface area (Å²) < 4.78 is 15.7. The van der Waals surface area contributed by atoms with Crippen LogP contribution in [0.25, 0.3) is 27.5 Å². The molecule has 2 aliphatic rings. The Morgan fingerprint density at radius 3 is 2.62 bits per heavy atom. The molecule has 0 atom stereocenters. The zero-order valence-electron chi connectivity index (χ0n) is 21.6. The molecule has 6 nitrogen and oxygen atoms in total. The smallest absolute Gasteiger partial charge is 0.259 e. The molecule has 1 saturated heterocycles. The van der Waals surface area contributed by atoms with Crippen LogP contribution in [-0.2, 0) is 6.54 Å². The molecule has 1 saturated carbocycles. The Morgan fingerprint density at radius 1 is 1.11 bits per heavy atom. The number of fused-ring (bicyclic) bond motifs is 3. The second kappa shape index (κ2) is 9.78. The first kappa shape index (κ1) is 23.9. The SMILES string of the molecule is CC=C(c1cc2c(cc1C)[nH]c(=O)c1cnn(C3CCCC3)c12)N1CCN(Cc2cccc(F)c2)CC1. The van der Waals surface area contributed by atoms with Gasteiger partial charge in [0.15, 0.2) is 0 Å². The van der Waals surface area contributed by atoms with Crippen molar-refractivity contribution in [1.82, 2.24) is 24.6 Å². The van der Waals surface area contributed by atoms with E-state index in [4.69, 9.17) is 0 Å². The van der Waals surface area contributed by atoms with Crippen molar-refractivity contribution >= 4 is 27.5 Å². The van der Waals surface area contributed by atoms with Crippen LogP contribution in [0.3, 0.4) is 0 Å². The van der Waals surface area contributed by atoms with Crippen LogP contribution < -0.4 is 5.56 Å². The van der Waals surface area contributed by atoms with Crippen molar-refractivity contribution in [1.29, 1.82) is 0 Å². The lowest BCUT2D eigenvalue weighted by Crippen LogP contribution is -2.45. The van der Waals surface area contributed by atoms with Crippen molar-refractivity contribution in [3.8, 4) is 0 Å². The quantitative estimate of drug-likeness (QED) is 0.387. The van der Waals surface area contributed by atoms with Crippen molar-refractivity contribution in [3.05, 3.63) is 81.5 Å². The van der Waals surface area contributed by atoms with E-state index in [0.717, 1.165) is 73.1 Å². The zero-order chi connectivity index (χ0) is 25.5. The monoisotopic (exact) mass is 499 g/mol. The number of aromatic amines is 1. The Bertz CT molecular complexity index is 1540. The highest BCUT2D eigenvalue weighted by Crippen LogP contribution is 2.35. The highest BCUT2D eigenvalue weighted by atomic mass is 19.1. The summed E-state index contributed by atoms with van der Waals surface area (Å²) in [4.78, 5) is 20.8. The van der Waals surface area contributed by atoms with Crippen molar-refractivity contribution in [3.63, 3.8) is 0 Å². The van der Waals surface area contributed by atoms with Gasteiger partial charge in [0.1, 0.15) is 5.82 Å². The van der Waals surface area contributed by atoms with E-state index < -0.39 is 0 Å². The fourth-order valence-electron chi connectivity index (χ4n) is 6.24. The number of H-pyrrole nitrogens is 1. The van der Waals surface area contributed by atoms with Crippen LogP contribution in [0.1, 0.15) is 55.3 Å². The summed E-state index contributed by atoms with van der Waals surface area (Å²) in [6.45, 7) is 8.65. The summed E-state index contributed by atoms with van der Waals surface area (Å²) in [5, 5.41) is 6.41. The molecule has 2 fully saturated rings. The summed E-state index contributed by atoms with van der Waals surface area (Å²) in [7, 11) is 0. The van der Waals surface area contributed by atoms with Gasteiger partial charge in [0.05, 0.1) is 28.7 Å². The summed E-state index contributed by atoms with van der Waals surface area (Å²) in [5.74, 6) is -0.177. The zero-order valence-corrected chi connectivity index (χ0v) is 21.6. The van der Waals surface area contributed by atoms with Gasteiger partial charge in [-0.3, -0.25) is 14.4 Å². The molecule has 1 N–H and O–H groups in total. The number of hydrogen-bond acceptors (Lipinski definition) is 4. The summed E-state index contributed by atoms with van der Waals surface area (Å²) >= 11 is 0. The molecule has 0 spiro atoms. The fourth-order valence-corrected chi connectivity index (χ4v) is 6.24. The predicted molar refractivity (Wildman–Crippen MR) is 147 cm³/mol. The van der Waals surface area contributed by atoms with Crippen molar-refractivity contribution in [2.45, 2.75) is 52.1 Å². The first-order chi connectivity index (χ1) is 18.0. The molecule has 4 aromatic rings. The van der Waals surface area contributed by atoms with Gasteiger partial charge in [-0.1, -0.05) is 31.1 Å². The van der Waals surface area contributed by atoms with Gasteiger partial charge in [-0.2, -0.15) is 5.10 Å². The highest BCUT2D eigenvalue weighted by molar-refractivity contribution is 6.04. The normalized spacial score (nSPS) is 17.9. The Morgan fingerprint density at radius 2 is 1.89 bits per heavy atom. The first-order valence-electron chi connectivity index (χ1n) is 13.4. The summed E-state index contributed by atoms with van der Waals surface area (Å²) in [6, 6.07) is 11.6. The highest BCUT2D eigenvalue weighted by Gasteiger charge is 2.24. The number of aromatic nitrogens is 3. The second-order valence-corrected chi connectivity index (χ2v) is 10.5. The average Bonchev–Trinajstić information content (AvgIpc) is 3.57. The van der Waals surface area contributed by atoms with Crippen LogP contribution in [0, 0.1) is 12.7 Å². The molecule has 0 unspecified atom stereocenters. The van der Waals surface area contributed by atoms with Crippen LogP contribution >= 0.6 is 0 Å². The minimum atomic E-state index is -0.177. The fraction of sp³-hybridized carbons (Fsp3) is 0.400.